The Morgan fingerprint density at radius 2 is 1.94 bits per heavy atom. The van der Waals surface area contributed by atoms with Crippen LogP contribution in [0, 0.1) is 5.92 Å². The number of aromatic nitrogens is 3. The number of halogens is 1. The van der Waals surface area contributed by atoms with E-state index in [0.717, 1.165) is 41.5 Å². The molecular weight excluding hydrogens is 420 g/mol. The van der Waals surface area contributed by atoms with Crippen molar-refractivity contribution in [3.63, 3.8) is 0 Å². The minimum atomic E-state index is -0.0808. The Balaban J connectivity index is 1.29. The van der Waals surface area contributed by atoms with Crippen molar-refractivity contribution in [2.75, 3.05) is 19.6 Å². The summed E-state index contributed by atoms with van der Waals surface area (Å²) in [7, 11) is 2.09. The Bertz CT molecular complexity index is 1360. The van der Waals surface area contributed by atoms with E-state index in [1.165, 1.54) is 30.3 Å². The first-order chi connectivity index (χ1) is 15.5. The number of likely N-dealkylation sites (tertiary alicyclic amines) is 1. The van der Waals surface area contributed by atoms with Crippen molar-refractivity contribution in [2.45, 2.75) is 18.8 Å². The van der Waals surface area contributed by atoms with Gasteiger partial charge < -0.3 is 9.47 Å². The second-order valence-electron chi connectivity index (χ2n) is 9.24. The van der Waals surface area contributed by atoms with Gasteiger partial charge in [0.25, 0.3) is 5.56 Å². The summed E-state index contributed by atoms with van der Waals surface area (Å²) in [6, 6.07) is 13.5. The van der Waals surface area contributed by atoms with Crippen molar-refractivity contribution in [3.05, 3.63) is 82.0 Å². The Hall–Kier alpha value is -2.89. The second kappa shape index (κ2) is 7.61. The molecule has 0 atom stereocenters. The lowest BCUT2D eigenvalue weighted by Gasteiger charge is -2.39. The van der Waals surface area contributed by atoms with Crippen LogP contribution in [-0.4, -0.2) is 38.7 Å². The van der Waals surface area contributed by atoms with Crippen LogP contribution in [0.25, 0.3) is 27.8 Å². The van der Waals surface area contributed by atoms with Crippen LogP contribution in [0.3, 0.4) is 0 Å². The molecule has 1 aliphatic heterocycles. The van der Waals surface area contributed by atoms with Crippen LogP contribution >= 0.6 is 11.6 Å². The molecule has 1 saturated carbocycles. The Labute approximate surface area is 191 Å². The van der Waals surface area contributed by atoms with Crippen molar-refractivity contribution in [1.82, 2.24) is 19.0 Å². The van der Waals surface area contributed by atoms with Crippen molar-refractivity contribution < 1.29 is 0 Å². The predicted molar refractivity (Wildman–Crippen MR) is 129 cm³/mol. The highest BCUT2D eigenvalue weighted by Gasteiger charge is 2.34. The molecule has 5 nitrogen and oxygen atoms in total. The summed E-state index contributed by atoms with van der Waals surface area (Å²) in [5.41, 5.74) is 4.90. The molecule has 2 fully saturated rings. The average Bonchev–Trinajstić information content (AvgIpc) is 3.53. The molecule has 0 N–H and O–H groups in total. The Kier molecular flexibility index (Phi) is 4.70. The molecule has 6 rings (SSSR count). The molecule has 4 heterocycles. The zero-order chi connectivity index (χ0) is 21.8. The highest BCUT2D eigenvalue weighted by Crippen LogP contribution is 2.37. The number of hydrogen-bond donors (Lipinski definition) is 0. The maximum Gasteiger partial charge on any atom is 0.255 e. The lowest BCUT2D eigenvalue weighted by Crippen LogP contribution is -2.45. The van der Waals surface area contributed by atoms with E-state index in [1.54, 1.807) is 22.9 Å². The van der Waals surface area contributed by atoms with Crippen LogP contribution in [-0.2, 0) is 7.05 Å². The topological polar surface area (TPSA) is 43.1 Å². The van der Waals surface area contributed by atoms with Gasteiger partial charge in [-0.15, -0.1) is 0 Å². The maximum atomic E-state index is 12.9. The summed E-state index contributed by atoms with van der Waals surface area (Å²) in [5.74, 6) is 1.56. The molecule has 162 valence electrons. The van der Waals surface area contributed by atoms with Crippen LogP contribution < -0.4 is 5.56 Å². The molecule has 1 aromatic carbocycles. The number of hydrogen-bond acceptors (Lipinski definition) is 3. The molecule has 0 amide bonds. The summed E-state index contributed by atoms with van der Waals surface area (Å²) in [5, 5.41) is 1.87. The lowest BCUT2D eigenvalue weighted by atomic mass is 9.91. The number of aryl methyl sites for hydroxylation is 1. The van der Waals surface area contributed by atoms with Gasteiger partial charge in [0.15, 0.2) is 0 Å². The SMILES string of the molecule is Cn1cc(C2CN(CC3CC3)C2)c2ccc(-n3ccc(-c4ccc(Cl)cn4)cc3=O)cc21. The molecule has 1 aliphatic carbocycles. The van der Waals surface area contributed by atoms with Gasteiger partial charge >= 0.3 is 0 Å². The summed E-state index contributed by atoms with van der Waals surface area (Å²) in [6.07, 6.45) is 8.51. The zero-order valence-corrected chi connectivity index (χ0v) is 18.8. The molecule has 1 saturated heterocycles. The fraction of sp³-hybridized carbons (Fsp3) is 0.308. The van der Waals surface area contributed by atoms with Crippen molar-refractivity contribution in [2.24, 2.45) is 13.0 Å². The van der Waals surface area contributed by atoms with Gasteiger partial charge in [-0.25, -0.2) is 0 Å². The molecule has 4 aromatic rings. The van der Waals surface area contributed by atoms with E-state index in [-0.39, 0.29) is 5.56 Å². The van der Waals surface area contributed by atoms with Crippen LogP contribution in [0.2, 0.25) is 5.02 Å². The molecular formula is C26H25ClN4O. The number of rotatable bonds is 5. The van der Waals surface area contributed by atoms with E-state index in [1.807, 2.05) is 24.4 Å². The first kappa shape index (κ1) is 19.8. The van der Waals surface area contributed by atoms with Crippen molar-refractivity contribution in [1.29, 1.82) is 0 Å². The Morgan fingerprint density at radius 3 is 2.66 bits per heavy atom. The molecule has 6 heteroatoms. The highest BCUT2D eigenvalue weighted by molar-refractivity contribution is 6.30. The van der Waals surface area contributed by atoms with E-state index in [2.05, 4.69) is 39.8 Å². The zero-order valence-electron chi connectivity index (χ0n) is 18.0. The van der Waals surface area contributed by atoms with Gasteiger partial charge in [-0.1, -0.05) is 17.7 Å². The van der Waals surface area contributed by atoms with Crippen LogP contribution in [0.4, 0.5) is 0 Å². The number of fused-ring (bicyclic) bond motifs is 1. The predicted octanol–water partition coefficient (Wildman–Crippen LogP) is 4.85. The smallest absolute Gasteiger partial charge is 0.255 e. The monoisotopic (exact) mass is 444 g/mol. The first-order valence-corrected chi connectivity index (χ1v) is 11.6. The third-order valence-corrected chi connectivity index (χ3v) is 7.06. The van der Waals surface area contributed by atoms with Gasteiger partial charge in [0.2, 0.25) is 0 Å². The largest absolute Gasteiger partial charge is 0.350 e. The van der Waals surface area contributed by atoms with Crippen LogP contribution in [0.1, 0.15) is 24.3 Å². The third kappa shape index (κ3) is 3.55. The molecule has 32 heavy (non-hydrogen) atoms. The summed E-state index contributed by atoms with van der Waals surface area (Å²) < 4.78 is 3.88. The van der Waals surface area contributed by atoms with Gasteiger partial charge in [-0.2, -0.15) is 0 Å². The maximum absolute atomic E-state index is 12.9. The molecule has 0 spiro atoms. The minimum Gasteiger partial charge on any atom is -0.350 e. The van der Waals surface area contributed by atoms with Gasteiger partial charge in [-0.05, 0) is 54.7 Å². The van der Waals surface area contributed by atoms with E-state index < -0.39 is 0 Å². The fourth-order valence-corrected chi connectivity index (χ4v) is 4.97. The molecule has 0 bridgehead atoms. The van der Waals surface area contributed by atoms with Gasteiger partial charge in [0.1, 0.15) is 0 Å². The quantitative estimate of drug-likeness (QED) is 0.441. The van der Waals surface area contributed by atoms with Gasteiger partial charge in [0.05, 0.1) is 21.9 Å². The van der Waals surface area contributed by atoms with Gasteiger partial charge in [-0.3, -0.25) is 14.3 Å². The average molecular weight is 445 g/mol. The van der Waals surface area contributed by atoms with E-state index in [4.69, 9.17) is 11.6 Å². The lowest BCUT2D eigenvalue weighted by molar-refractivity contribution is 0.142. The standard InChI is InChI=1S/C26H25ClN4O/c1-29-16-23(19-14-30(15-19)13-17-2-3-17)22-6-5-21(11-25(22)29)31-9-8-18(10-26(31)32)24-7-4-20(27)12-28-24/h4-12,16-17,19H,2-3,13-15H2,1H3. The van der Waals surface area contributed by atoms with Crippen LogP contribution in [0.5, 0.6) is 0 Å². The minimum absolute atomic E-state index is 0.0808. The molecule has 0 unspecified atom stereocenters. The normalized spacial score (nSPS) is 17.1. The molecule has 2 aliphatic rings. The molecule has 3 aromatic heterocycles. The molecule has 0 radical (unpaired) electrons. The Morgan fingerprint density at radius 1 is 1.09 bits per heavy atom. The summed E-state index contributed by atoms with van der Waals surface area (Å²) >= 11 is 5.93. The van der Waals surface area contributed by atoms with E-state index >= 15 is 0 Å². The summed E-state index contributed by atoms with van der Waals surface area (Å²) in [4.78, 5) is 19.8. The first-order valence-electron chi connectivity index (χ1n) is 11.2. The summed E-state index contributed by atoms with van der Waals surface area (Å²) in [6.45, 7) is 3.60. The van der Waals surface area contributed by atoms with E-state index in [0.29, 0.717) is 10.9 Å². The number of nitrogens with zero attached hydrogens (tertiary/aromatic N) is 4. The van der Waals surface area contributed by atoms with E-state index in [9.17, 15) is 4.79 Å². The van der Waals surface area contributed by atoms with Crippen molar-refractivity contribution >= 4 is 22.5 Å². The van der Waals surface area contributed by atoms with Crippen LogP contribution in [0.15, 0.2) is 65.8 Å². The number of pyridine rings is 2. The highest BCUT2D eigenvalue weighted by atomic mass is 35.5. The van der Waals surface area contributed by atoms with Gasteiger partial charge in [0, 0.05) is 68.2 Å². The second-order valence-corrected chi connectivity index (χ2v) is 9.68. The fourth-order valence-electron chi connectivity index (χ4n) is 4.86. The number of benzene rings is 1. The third-order valence-electron chi connectivity index (χ3n) is 6.84. The van der Waals surface area contributed by atoms with Crippen molar-refractivity contribution in [3.8, 4) is 16.9 Å².